The van der Waals surface area contributed by atoms with Gasteiger partial charge in [-0.15, -0.1) is 0 Å². The molecule has 13 unspecified atom stereocenters. The molecule has 40 nitrogen and oxygen atoms in total. The molecule has 11 amide bonds. The van der Waals surface area contributed by atoms with E-state index in [0.717, 1.165) is 110 Å². The van der Waals surface area contributed by atoms with Crippen LogP contribution in [0.15, 0.2) is 121 Å². The zero-order chi connectivity index (χ0) is 97.0. The van der Waals surface area contributed by atoms with Gasteiger partial charge in [0.15, 0.2) is 36.2 Å². The normalized spacial score (nSPS) is 25.3. The highest BCUT2D eigenvalue weighted by atomic mass is 35.5. The molecular formula is C84H85Cl3F6N12O28. The van der Waals surface area contributed by atoms with E-state index in [-0.39, 0.29) is 23.5 Å². The number of aliphatic hydroxyl groups excluding tert-OH is 5. The number of phenols is 3. The van der Waals surface area contributed by atoms with Crippen molar-refractivity contribution in [1.82, 2.24) is 47.9 Å². The molecule has 0 spiro atoms. The molecule has 23 N–H and O–H groups in total. The number of aromatic hydroxyl groups is 3. The fourth-order valence-electron chi connectivity index (χ4n) is 15.3. The number of phenolic OH excluding ortho intramolecular Hbond substituents is 3. The first-order chi connectivity index (χ1) is 62.7. The van der Waals surface area contributed by atoms with E-state index in [1.54, 1.807) is 13.8 Å². The zero-order valence-electron chi connectivity index (χ0n) is 69.5. The third-order valence-corrected chi connectivity index (χ3v) is 22.7. The molecule has 14 rings (SSSR count). The number of urea groups is 1. The monoisotopic (exact) mass is 1930 g/mol. The summed E-state index contributed by atoms with van der Waals surface area (Å²) >= 11 is 20.1. The van der Waals surface area contributed by atoms with Gasteiger partial charge in [-0.3, -0.25) is 43.2 Å². The van der Waals surface area contributed by atoms with Crippen LogP contribution in [0.2, 0.25) is 15.1 Å². The highest BCUT2D eigenvalue weighted by Gasteiger charge is 2.55. The lowest BCUT2D eigenvalue weighted by atomic mass is 9.89. The van der Waals surface area contributed by atoms with E-state index in [1.807, 2.05) is 0 Å². The first kappa shape index (κ1) is 99.3. The molecule has 7 aliphatic heterocycles. The number of carboxylic acids is 1. The summed E-state index contributed by atoms with van der Waals surface area (Å²) in [5.74, 6) is -20.1. The number of fused-ring (bicyclic) bond motifs is 15. The van der Waals surface area contributed by atoms with Gasteiger partial charge >= 0.3 is 24.4 Å². The minimum atomic E-state index is -5.12. The number of carboxylic acid groups (broad SMARTS) is 1. The summed E-state index contributed by atoms with van der Waals surface area (Å²) in [6, 6.07) is -3.09. The van der Waals surface area contributed by atoms with Gasteiger partial charge in [0, 0.05) is 41.1 Å². The van der Waals surface area contributed by atoms with Crippen molar-refractivity contribution in [2.24, 2.45) is 17.4 Å². The predicted molar refractivity (Wildman–Crippen MR) is 446 cm³/mol. The molecule has 11 bridgehead atoms. The topological polar surface area (TPSA) is 616 Å². The largest absolute Gasteiger partial charge is 0.508 e. The number of methoxy groups -OCH3 is 1. The molecule has 7 aromatic carbocycles. The van der Waals surface area contributed by atoms with E-state index in [1.165, 1.54) is 7.05 Å². The van der Waals surface area contributed by atoms with Crippen LogP contribution in [0.25, 0.3) is 11.1 Å². The number of halogens is 9. The van der Waals surface area contributed by atoms with Crippen LogP contribution in [0, 0.1) is 5.92 Å². The number of aliphatic hydroxyl groups is 5. The van der Waals surface area contributed by atoms with Crippen LogP contribution >= 0.6 is 34.8 Å². The zero-order valence-corrected chi connectivity index (χ0v) is 71.7. The van der Waals surface area contributed by atoms with Crippen LogP contribution in [-0.2, 0) is 79.2 Å². The molecule has 19 atom stereocenters. The predicted octanol–water partition coefficient (Wildman–Crippen LogP) is 3.81. The fourth-order valence-corrected chi connectivity index (χ4v) is 16.0. The number of aliphatic carboxylic acids is 1. The molecule has 0 aromatic heterocycles. The molecule has 0 aliphatic carbocycles. The summed E-state index contributed by atoms with van der Waals surface area (Å²) in [6.07, 6.45) is -33.1. The van der Waals surface area contributed by atoms with Crippen molar-refractivity contribution in [2.45, 2.75) is 155 Å². The van der Waals surface area contributed by atoms with Crippen molar-refractivity contribution in [3.63, 3.8) is 0 Å². The maximum Gasteiger partial charge on any atom is 0.417 e. The van der Waals surface area contributed by atoms with E-state index >= 15 is 14.4 Å². The van der Waals surface area contributed by atoms with Gasteiger partial charge in [-0.1, -0.05) is 72.9 Å². The lowest BCUT2D eigenvalue weighted by Gasteiger charge is -2.48. The number of hydrogen-bond donors (Lipinski definition) is 21. The Bertz CT molecular complexity index is 5680. The summed E-state index contributed by atoms with van der Waals surface area (Å²) in [4.78, 5) is 160. The number of primary amides is 2. The highest BCUT2D eigenvalue weighted by molar-refractivity contribution is 6.32. The van der Waals surface area contributed by atoms with Crippen LogP contribution in [0.3, 0.4) is 0 Å². The van der Waals surface area contributed by atoms with E-state index in [2.05, 4.69) is 53.2 Å². The number of rotatable bonds is 22. The van der Waals surface area contributed by atoms with E-state index in [9.17, 15) is 111 Å². The second kappa shape index (κ2) is 41.2. The number of nitrogens with two attached hydrogens (primary N) is 2. The number of likely N-dealkylation sites (N-methyl/N-ethyl adjacent to an activating group) is 1. The van der Waals surface area contributed by atoms with Gasteiger partial charge in [-0.25, -0.2) is 9.59 Å². The average molecular weight is 1930 g/mol. The molecule has 712 valence electrons. The third-order valence-electron chi connectivity index (χ3n) is 21.8. The van der Waals surface area contributed by atoms with Gasteiger partial charge in [-0.05, 0) is 133 Å². The Labute approximate surface area is 762 Å². The summed E-state index contributed by atoms with van der Waals surface area (Å²) in [5, 5.41) is 125. The minimum absolute atomic E-state index is 0.136. The molecule has 2 saturated heterocycles. The Balaban J connectivity index is 1.03. The Hall–Kier alpha value is -12.7. The van der Waals surface area contributed by atoms with Crippen LogP contribution in [-0.4, -0.2) is 231 Å². The van der Waals surface area contributed by atoms with Gasteiger partial charge < -0.3 is 148 Å². The number of anilines is 1. The van der Waals surface area contributed by atoms with Crippen molar-refractivity contribution >= 4 is 106 Å². The Morgan fingerprint density at radius 3 is 1.85 bits per heavy atom. The standard InChI is InChI=1S/C84H85Cl3F6N12O28/c1-30(2)18-45(96-3)73(117)102-59-63(111)32-9-14-49(43(86)21-32)129-51-23-35-24-52(130-50-15-10-33(22-44(50)87)64(112)60-78(122)101-58(79(123)124)40-26-38(107)27-48(109)55(40)39-20-31(8-13-47(39)108)56(75(119)103-60)100-76(120)57(35)99-74(118)46(28-54(94)110)98-77(59)121)67(51)127-16-17-128-81-69(62(68(126-4)70(133-81)71(95)115)105-82(125)97-37-11-12-42(85)41(25-37)84(91,92)93)132-80-61(66(114)65(113)53(29-106)131-80)104-72(116)34-6-5-7-36(19-34)83(88,89)90/h5-15,19-27,30,45-46,53,56-66,68-70,80-81,96,106-109,111-114H,16-18,28-29H2,1-4H3,(H2,94,110)(H2,95,115)(H,98,121)(H,99,118)(H,100,120)(H,101,122)(H,102,117)(H,103,119)(H,104,116)(H,123,124)(H2,97,105,125)/t45?,46?,53-,56?,57?,58?,59?,60?,61-,62-,63?,64?,65?,66-,68?,69+,70+,80?,81?/m0/s1. The Kier molecular flexibility index (Phi) is 30.8. The second-order valence-electron chi connectivity index (χ2n) is 31.3. The summed E-state index contributed by atoms with van der Waals surface area (Å²) in [6.45, 7) is 0.408. The van der Waals surface area contributed by atoms with Crippen molar-refractivity contribution in [3.05, 3.63) is 181 Å². The van der Waals surface area contributed by atoms with Crippen LogP contribution < -0.4 is 78.8 Å². The van der Waals surface area contributed by atoms with Gasteiger partial charge in [0.25, 0.3) is 5.91 Å². The molecule has 0 radical (unpaired) electrons. The molecule has 133 heavy (non-hydrogen) atoms. The lowest BCUT2D eigenvalue weighted by molar-refractivity contribution is -0.336. The molecule has 7 heterocycles. The van der Waals surface area contributed by atoms with Crippen LogP contribution in [0.5, 0.6) is 46.0 Å². The van der Waals surface area contributed by atoms with Crippen molar-refractivity contribution in [2.75, 3.05) is 39.3 Å². The van der Waals surface area contributed by atoms with Crippen LogP contribution in [0.4, 0.5) is 36.8 Å². The first-order valence-corrected chi connectivity index (χ1v) is 41.2. The van der Waals surface area contributed by atoms with Gasteiger partial charge in [0.1, 0.15) is 114 Å². The second-order valence-corrected chi connectivity index (χ2v) is 32.5. The quantitative estimate of drug-likeness (QED) is 0.0339. The number of hydrogen-bond acceptors (Lipinski definition) is 28. The van der Waals surface area contributed by atoms with Crippen LogP contribution in [0.1, 0.15) is 106 Å². The fraction of sp³-hybridized carbons (Fsp3) is 0.369. The lowest BCUT2D eigenvalue weighted by Crippen LogP contribution is -2.71. The number of alkyl halides is 6. The molecule has 7 aromatic rings. The van der Waals surface area contributed by atoms with Gasteiger partial charge in [-0.2, -0.15) is 26.3 Å². The van der Waals surface area contributed by atoms with Crippen molar-refractivity contribution in [1.29, 1.82) is 0 Å². The maximum absolute atomic E-state index is 16.2. The molecule has 7 aliphatic rings. The van der Waals surface area contributed by atoms with Gasteiger partial charge in [0.05, 0.1) is 57.9 Å². The highest BCUT2D eigenvalue weighted by Crippen LogP contribution is 2.50. The summed E-state index contributed by atoms with van der Waals surface area (Å²) in [7, 11) is 2.35. The Morgan fingerprint density at radius 2 is 1.25 bits per heavy atom. The van der Waals surface area contributed by atoms with Crippen molar-refractivity contribution < 1.29 is 163 Å². The number of ether oxygens (including phenoxy) is 8. The van der Waals surface area contributed by atoms with E-state index < -0.39 is 331 Å². The minimum Gasteiger partial charge on any atom is -0.508 e. The number of amides is 11. The third kappa shape index (κ3) is 22.5. The molecule has 0 saturated carbocycles. The number of nitrogens with one attached hydrogen (secondary N) is 10. The smallest absolute Gasteiger partial charge is 0.417 e. The molecular weight excluding hydrogens is 1850 g/mol. The number of benzene rings is 7. The van der Waals surface area contributed by atoms with Crippen molar-refractivity contribution in [3.8, 4) is 57.1 Å². The summed E-state index contributed by atoms with van der Waals surface area (Å²) in [5.41, 5.74) is 4.19. The first-order valence-electron chi connectivity index (χ1n) is 40.1. The number of carbonyl (C=O) groups excluding carboxylic acids is 10. The number of carbonyl (C=O) groups is 11. The average Bonchev–Trinajstić information content (AvgIpc) is 0.755. The van der Waals surface area contributed by atoms with Gasteiger partial charge in [0.2, 0.25) is 53.0 Å². The SMILES string of the molecule is CNC(CC(C)C)C(=O)NC1C(=O)NC(CC(N)=O)C(=O)NC2C(=O)NC3C(=O)NC(C(=O)NC(C(=O)O)c4cc(O)cc(O)c4-c4cc3ccc4O)C(O)c3ccc(c(Cl)c3)Oc3cc2cc(c3OCCOC2O[C@@H](C(N)=O)C(OC)[C@H](NC(=O)Nc3ccc(Cl)c(C(F)(F)F)c3)[C@H]2OC2O[C@@H](CO)C(O)[C@@H](O)[C@@H]2NC(=O)c2cccc(C(F)(F)F)c2)Oc2ccc(cc2Cl)C1O. The molecule has 49 heteroatoms. The summed E-state index contributed by atoms with van der Waals surface area (Å²) < 4.78 is 135. The maximum atomic E-state index is 16.2. The van der Waals surface area contributed by atoms with E-state index in [4.69, 9.17) is 84.2 Å². The van der Waals surface area contributed by atoms with E-state index in [0.29, 0.717) is 18.2 Å². The Morgan fingerprint density at radius 1 is 0.609 bits per heavy atom. The molecule has 2 fully saturated rings.